The Bertz CT molecular complexity index is 609. The van der Waals surface area contributed by atoms with Crippen molar-refractivity contribution in [2.75, 3.05) is 13.7 Å². The van der Waals surface area contributed by atoms with Gasteiger partial charge < -0.3 is 15.4 Å². The molecule has 4 heteroatoms. The van der Waals surface area contributed by atoms with Crippen molar-refractivity contribution in [2.24, 2.45) is 0 Å². The molecule has 0 aliphatic heterocycles. The van der Waals surface area contributed by atoms with Gasteiger partial charge in [-0.2, -0.15) is 0 Å². The summed E-state index contributed by atoms with van der Waals surface area (Å²) < 4.78 is 5.10. The lowest BCUT2D eigenvalue weighted by atomic mass is 10.00. The monoisotopic (exact) mass is 302 g/mol. The Hall–Kier alpha value is -1.65. The second-order valence-electron chi connectivity index (χ2n) is 5.26. The normalized spacial score (nSPS) is 13.7. The molecule has 0 aliphatic rings. The maximum atomic E-state index is 5.37. The number of hydrogen-bond acceptors (Lipinski definition) is 2. The van der Waals surface area contributed by atoms with Crippen LogP contribution in [0.2, 0.25) is 0 Å². The Labute approximate surface area is 131 Å². The number of thiocarbonyl (C=S) groups is 1. The molecular formula is C17H22N2OS. The minimum atomic E-state index is 0.144. The lowest BCUT2D eigenvalue weighted by molar-refractivity contribution is 0.179. The third-order valence-electron chi connectivity index (χ3n) is 3.43. The highest BCUT2D eigenvalue weighted by molar-refractivity contribution is 7.80. The lowest BCUT2D eigenvalue weighted by Gasteiger charge is -2.21. The van der Waals surface area contributed by atoms with Crippen LogP contribution < -0.4 is 10.6 Å². The molecule has 0 radical (unpaired) electrons. The summed E-state index contributed by atoms with van der Waals surface area (Å²) in [7, 11) is 1.69. The van der Waals surface area contributed by atoms with Gasteiger partial charge in [-0.15, -0.1) is 0 Å². The van der Waals surface area contributed by atoms with E-state index < -0.39 is 0 Å². The summed E-state index contributed by atoms with van der Waals surface area (Å²) in [5.74, 6) is 0. The standard InChI is InChI=1S/C17H22N2OS/c1-12(11-20-3)18-17(21)19-13(2)15-10-6-8-14-7-4-5-9-16(14)15/h4-10,12-13H,11H2,1-3H3,(H2,18,19,21)/t12-,13-/m1/s1. The molecule has 0 saturated carbocycles. The number of fused-ring (bicyclic) bond motifs is 1. The molecule has 0 aromatic heterocycles. The van der Waals surface area contributed by atoms with Crippen LogP contribution in [0.5, 0.6) is 0 Å². The van der Waals surface area contributed by atoms with E-state index >= 15 is 0 Å². The van der Waals surface area contributed by atoms with Gasteiger partial charge in [0.15, 0.2) is 5.11 Å². The van der Waals surface area contributed by atoms with E-state index in [9.17, 15) is 0 Å². The molecule has 2 aromatic rings. The van der Waals surface area contributed by atoms with Crippen LogP contribution in [0.3, 0.4) is 0 Å². The molecule has 0 unspecified atom stereocenters. The van der Waals surface area contributed by atoms with Crippen molar-refractivity contribution >= 4 is 28.1 Å². The smallest absolute Gasteiger partial charge is 0.167 e. The van der Waals surface area contributed by atoms with E-state index in [0.717, 1.165) is 0 Å². The predicted octanol–water partition coefficient (Wildman–Crippen LogP) is 3.40. The van der Waals surface area contributed by atoms with Gasteiger partial charge in [0, 0.05) is 13.2 Å². The van der Waals surface area contributed by atoms with Crippen LogP contribution in [0.1, 0.15) is 25.5 Å². The average molecular weight is 302 g/mol. The van der Waals surface area contributed by atoms with E-state index in [-0.39, 0.29) is 12.1 Å². The molecule has 0 saturated heterocycles. The van der Waals surface area contributed by atoms with Crippen molar-refractivity contribution in [3.05, 3.63) is 48.0 Å². The lowest BCUT2D eigenvalue weighted by Crippen LogP contribution is -2.43. The van der Waals surface area contributed by atoms with Crippen molar-refractivity contribution < 1.29 is 4.74 Å². The van der Waals surface area contributed by atoms with Gasteiger partial charge in [0.1, 0.15) is 0 Å². The molecule has 0 spiro atoms. The van der Waals surface area contributed by atoms with Crippen LogP contribution in [-0.4, -0.2) is 24.9 Å². The van der Waals surface area contributed by atoms with Gasteiger partial charge in [-0.05, 0) is 42.4 Å². The van der Waals surface area contributed by atoms with E-state index in [1.807, 2.05) is 6.92 Å². The van der Waals surface area contributed by atoms with Gasteiger partial charge in [0.2, 0.25) is 0 Å². The second kappa shape index (κ2) is 7.38. The van der Waals surface area contributed by atoms with E-state index in [4.69, 9.17) is 17.0 Å². The molecule has 0 heterocycles. The summed E-state index contributed by atoms with van der Waals surface area (Å²) in [5, 5.41) is 9.72. The van der Waals surface area contributed by atoms with Crippen molar-refractivity contribution in [1.29, 1.82) is 0 Å². The van der Waals surface area contributed by atoms with Crippen LogP contribution in [0.25, 0.3) is 10.8 Å². The second-order valence-corrected chi connectivity index (χ2v) is 5.67. The summed E-state index contributed by atoms with van der Waals surface area (Å²) in [6.45, 7) is 4.79. The molecule has 2 aromatic carbocycles. The van der Waals surface area contributed by atoms with Gasteiger partial charge in [0.25, 0.3) is 0 Å². The summed E-state index contributed by atoms with van der Waals surface area (Å²) in [4.78, 5) is 0. The Morgan fingerprint density at radius 1 is 1.10 bits per heavy atom. The predicted molar refractivity (Wildman–Crippen MR) is 92.6 cm³/mol. The number of rotatable bonds is 5. The third kappa shape index (κ3) is 4.16. The van der Waals surface area contributed by atoms with Gasteiger partial charge in [-0.1, -0.05) is 42.5 Å². The summed E-state index contributed by atoms with van der Waals surface area (Å²) >= 11 is 5.37. The van der Waals surface area contributed by atoms with Crippen LogP contribution in [0, 0.1) is 0 Å². The number of benzene rings is 2. The SMILES string of the molecule is COC[C@@H](C)NC(=S)N[C@H](C)c1cccc2ccccc12. The van der Waals surface area contributed by atoms with Gasteiger partial charge >= 0.3 is 0 Å². The molecule has 2 N–H and O–H groups in total. The summed E-state index contributed by atoms with van der Waals surface area (Å²) in [6.07, 6.45) is 0. The zero-order valence-electron chi connectivity index (χ0n) is 12.7. The molecule has 2 atom stereocenters. The maximum absolute atomic E-state index is 5.37. The fourth-order valence-electron chi connectivity index (χ4n) is 2.46. The maximum Gasteiger partial charge on any atom is 0.167 e. The molecule has 112 valence electrons. The molecule has 0 aliphatic carbocycles. The molecule has 0 bridgehead atoms. The van der Waals surface area contributed by atoms with Crippen LogP contribution in [0.4, 0.5) is 0 Å². The first-order chi connectivity index (χ1) is 10.1. The molecule has 0 amide bonds. The average Bonchev–Trinajstić information content (AvgIpc) is 2.46. The van der Waals surface area contributed by atoms with E-state index in [1.165, 1.54) is 16.3 Å². The fourth-order valence-corrected chi connectivity index (χ4v) is 2.84. The number of methoxy groups -OCH3 is 1. The van der Waals surface area contributed by atoms with Gasteiger partial charge in [-0.25, -0.2) is 0 Å². The highest BCUT2D eigenvalue weighted by Gasteiger charge is 2.11. The Morgan fingerprint density at radius 2 is 1.81 bits per heavy atom. The highest BCUT2D eigenvalue weighted by atomic mass is 32.1. The van der Waals surface area contributed by atoms with Gasteiger partial charge in [0.05, 0.1) is 12.6 Å². The fraction of sp³-hybridized carbons (Fsp3) is 0.353. The Balaban J connectivity index is 2.08. The minimum absolute atomic E-state index is 0.144. The van der Waals surface area contributed by atoms with Crippen molar-refractivity contribution in [2.45, 2.75) is 25.9 Å². The minimum Gasteiger partial charge on any atom is -0.383 e. The molecule has 0 fully saturated rings. The summed E-state index contributed by atoms with van der Waals surface area (Å²) in [6, 6.07) is 15.1. The van der Waals surface area contributed by atoms with Gasteiger partial charge in [-0.3, -0.25) is 0 Å². The highest BCUT2D eigenvalue weighted by Crippen LogP contribution is 2.23. The van der Waals surface area contributed by atoms with Crippen molar-refractivity contribution in [1.82, 2.24) is 10.6 Å². The van der Waals surface area contributed by atoms with Crippen LogP contribution >= 0.6 is 12.2 Å². The van der Waals surface area contributed by atoms with Crippen LogP contribution in [0.15, 0.2) is 42.5 Å². The van der Waals surface area contributed by atoms with E-state index in [0.29, 0.717) is 11.7 Å². The van der Waals surface area contributed by atoms with Crippen molar-refractivity contribution in [3.8, 4) is 0 Å². The quantitative estimate of drug-likeness (QED) is 0.829. The first kappa shape index (κ1) is 15.7. The van der Waals surface area contributed by atoms with Crippen LogP contribution in [-0.2, 0) is 4.74 Å². The van der Waals surface area contributed by atoms with E-state index in [2.05, 4.69) is 60.0 Å². The Morgan fingerprint density at radius 3 is 2.57 bits per heavy atom. The number of hydrogen-bond donors (Lipinski definition) is 2. The molecule has 21 heavy (non-hydrogen) atoms. The third-order valence-corrected chi connectivity index (χ3v) is 3.67. The Kier molecular flexibility index (Phi) is 5.53. The first-order valence-corrected chi connectivity index (χ1v) is 7.56. The zero-order chi connectivity index (χ0) is 15.2. The number of ether oxygens (including phenoxy) is 1. The zero-order valence-corrected chi connectivity index (χ0v) is 13.5. The largest absolute Gasteiger partial charge is 0.383 e. The molecule has 2 rings (SSSR count). The van der Waals surface area contributed by atoms with Crippen molar-refractivity contribution in [3.63, 3.8) is 0 Å². The molecular weight excluding hydrogens is 280 g/mol. The van der Waals surface area contributed by atoms with E-state index in [1.54, 1.807) is 7.11 Å². The number of nitrogens with one attached hydrogen (secondary N) is 2. The molecule has 3 nitrogen and oxygen atoms in total. The summed E-state index contributed by atoms with van der Waals surface area (Å²) in [5.41, 5.74) is 1.25. The first-order valence-electron chi connectivity index (χ1n) is 7.15. The topological polar surface area (TPSA) is 33.3 Å².